The van der Waals surface area contributed by atoms with E-state index in [-0.39, 0.29) is 18.1 Å². The first-order valence-electron chi connectivity index (χ1n) is 8.49. The third-order valence-electron chi connectivity index (χ3n) is 4.18. The maximum atomic E-state index is 12.1. The molecular formula is C21H20N2O3S. The number of carbonyl (C=O) groups excluding carboxylic acids is 2. The van der Waals surface area contributed by atoms with Crippen molar-refractivity contribution in [2.45, 2.75) is 20.8 Å². The van der Waals surface area contributed by atoms with Crippen molar-refractivity contribution in [2.24, 2.45) is 0 Å². The predicted molar refractivity (Wildman–Crippen MR) is 107 cm³/mol. The fourth-order valence-corrected chi connectivity index (χ4v) is 3.10. The molecule has 0 amide bonds. The highest BCUT2D eigenvalue weighted by atomic mass is 32.1. The van der Waals surface area contributed by atoms with E-state index in [1.165, 1.54) is 22.5 Å². The highest BCUT2D eigenvalue weighted by molar-refractivity contribution is 7.14. The Morgan fingerprint density at radius 2 is 1.78 bits per heavy atom. The molecule has 138 valence electrons. The summed E-state index contributed by atoms with van der Waals surface area (Å²) in [6.45, 7) is 5.73. The fourth-order valence-electron chi connectivity index (χ4n) is 2.40. The SMILES string of the molecule is Cc1ccc(C(=O)COC(=O)c2csc(Nc3ccc(C)c(C)c3)n2)cc1. The van der Waals surface area contributed by atoms with E-state index in [4.69, 9.17) is 4.74 Å². The molecule has 0 saturated heterocycles. The maximum Gasteiger partial charge on any atom is 0.358 e. The summed E-state index contributed by atoms with van der Waals surface area (Å²) in [6, 6.07) is 13.1. The summed E-state index contributed by atoms with van der Waals surface area (Å²) < 4.78 is 5.10. The van der Waals surface area contributed by atoms with E-state index in [9.17, 15) is 9.59 Å². The first-order valence-corrected chi connectivity index (χ1v) is 9.37. The van der Waals surface area contributed by atoms with Crippen LogP contribution in [0.25, 0.3) is 0 Å². The van der Waals surface area contributed by atoms with Gasteiger partial charge in [-0.3, -0.25) is 4.79 Å². The molecule has 5 nitrogen and oxygen atoms in total. The summed E-state index contributed by atoms with van der Waals surface area (Å²) in [5, 5.41) is 5.38. The second kappa shape index (κ2) is 8.14. The van der Waals surface area contributed by atoms with Crippen LogP contribution in [0, 0.1) is 20.8 Å². The highest BCUT2D eigenvalue weighted by Crippen LogP contribution is 2.23. The van der Waals surface area contributed by atoms with E-state index in [1.807, 2.05) is 44.2 Å². The van der Waals surface area contributed by atoms with Crippen molar-refractivity contribution in [3.05, 3.63) is 75.8 Å². The van der Waals surface area contributed by atoms with Crippen LogP contribution < -0.4 is 5.32 Å². The van der Waals surface area contributed by atoms with Crippen molar-refractivity contribution >= 4 is 33.9 Å². The zero-order valence-corrected chi connectivity index (χ0v) is 16.2. The van der Waals surface area contributed by atoms with Crippen LogP contribution in [0.15, 0.2) is 47.8 Å². The van der Waals surface area contributed by atoms with Crippen LogP contribution in [0.2, 0.25) is 0 Å². The molecule has 0 atom stereocenters. The molecule has 1 N–H and O–H groups in total. The topological polar surface area (TPSA) is 68.3 Å². The zero-order chi connectivity index (χ0) is 19.4. The molecule has 0 saturated carbocycles. The maximum absolute atomic E-state index is 12.1. The Hall–Kier alpha value is -2.99. The van der Waals surface area contributed by atoms with Gasteiger partial charge in [-0.2, -0.15) is 0 Å². The van der Waals surface area contributed by atoms with Gasteiger partial charge in [-0.1, -0.05) is 35.9 Å². The lowest BCUT2D eigenvalue weighted by atomic mass is 10.1. The Kier molecular flexibility index (Phi) is 5.66. The average molecular weight is 380 g/mol. The van der Waals surface area contributed by atoms with Gasteiger partial charge in [0.1, 0.15) is 0 Å². The molecule has 6 heteroatoms. The van der Waals surface area contributed by atoms with E-state index in [2.05, 4.69) is 17.2 Å². The van der Waals surface area contributed by atoms with Gasteiger partial charge in [0.15, 0.2) is 23.2 Å². The Bertz CT molecular complexity index is 977. The lowest BCUT2D eigenvalue weighted by molar-refractivity contribution is 0.0470. The monoisotopic (exact) mass is 380 g/mol. The molecule has 2 aromatic carbocycles. The molecule has 1 heterocycles. The third-order valence-corrected chi connectivity index (χ3v) is 4.94. The summed E-state index contributed by atoms with van der Waals surface area (Å²) in [7, 11) is 0. The Morgan fingerprint density at radius 3 is 2.48 bits per heavy atom. The smallest absolute Gasteiger partial charge is 0.358 e. The van der Waals surface area contributed by atoms with Crippen LogP contribution in [0.3, 0.4) is 0 Å². The van der Waals surface area contributed by atoms with E-state index >= 15 is 0 Å². The molecule has 0 fully saturated rings. The van der Waals surface area contributed by atoms with Crippen LogP contribution in [0.5, 0.6) is 0 Å². The van der Waals surface area contributed by atoms with Crippen LogP contribution in [0.1, 0.15) is 37.5 Å². The van der Waals surface area contributed by atoms with Gasteiger partial charge in [0, 0.05) is 16.6 Å². The molecule has 0 bridgehead atoms. The molecule has 0 radical (unpaired) electrons. The molecule has 3 aromatic rings. The number of carbonyl (C=O) groups is 2. The minimum absolute atomic E-state index is 0.183. The number of esters is 1. The molecule has 0 spiro atoms. The second-order valence-electron chi connectivity index (χ2n) is 6.33. The molecule has 27 heavy (non-hydrogen) atoms. The van der Waals surface area contributed by atoms with Crippen molar-refractivity contribution < 1.29 is 14.3 Å². The summed E-state index contributed by atoms with van der Waals surface area (Å²) in [4.78, 5) is 28.5. The number of nitrogens with zero attached hydrogens (tertiary/aromatic N) is 1. The van der Waals surface area contributed by atoms with Gasteiger partial charge in [0.25, 0.3) is 0 Å². The second-order valence-corrected chi connectivity index (χ2v) is 7.19. The number of thiazole rings is 1. The Labute approximate surface area is 162 Å². The van der Waals surface area contributed by atoms with Crippen molar-refractivity contribution in [3.63, 3.8) is 0 Å². The number of anilines is 2. The number of Topliss-reactive ketones (excluding diaryl/α,β-unsaturated/α-hetero) is 1. The highest BCUT2D eigenvalue weighted by Gasteiger charge is 2.15. The molecule has 3 rings (SSSR count). The number of hydrogen-bond acceptors (Lipinski definition) is 6. The number of hydrogen-bond donors (Lipinski definition) is 1. The minimum Gasteiger partial charge on any atom is -0.453 e. The lowest BCUT2D eigenvalue weighted by Crippen LogP contribution is -2.14. The third kappa shape index (κ3) is 4.80. The number of ketones is 1. The number of nitrogens with one attached hydrogen (secondary N) is 1. The first kappa shape index (κ1) is 18.8. The summed E-state index contributed by atoms with van der Waals surface area (Å²) in [5.74, 6) is -0.855. The Morgan fingerprint density at radius 1 is 1.04 bits per heavy atom. The van der Waals surface area contributed by atoms with Crippen LogP contribution >= 0.6 is 11.3 Å². The Balaban J connectivity index is 1.58. The van der Waals surface area contributed by atoms with E-state index in [0.717, 1.165) is 11.3 Å². The molecule has 0 aliphatic rings. The van der Waals surface area contributed by atoms with Gasteiger partial charge in [0.2, 0.25) is 0 Å². The fraction of sp³-hybridized carbons (Fsp3) is 0.190. The molecular weight excluding hydrogens is 360 g/mol. The van der Waals surface area contributed by atoms with Crippen LogP contribution in [-0.4, -0.2) is 23.3 Å². The quantitative estimate of drug-likeness (QED) is 0.489. The summed E-state index contributed by atoms with van der Waals surface area (Å²) in [5.41, 5.74) is 5.05. The normalized spacial score (nSPS) is 10.5. The van der Waals surface area contributed by atoms with Crippen LogP contribution in [-0.2, 0) is 4.74 Å². The minimum atomic E-state index is -0.611. The molecule has 0 aliphatic carbocycles. The standard InChI is InChI=1S/C21H20N2O3S/c1-13-4-7-16(8-5-13)19(24)11-26-20(25)18-12-27-21(23-18)22-17-9-6-14(2)15(3)10-17/h4-10,12H,11H2,1-3H3,(H,22,23). The molecule has 1 aromatic heterocycles. The number of benzene rings is 2. The number of ether oxygens (including phenoxy) is 1. The van der Waals surface area contributed by atoms with Gasteiger partial charge >= 0.3 is 5.97 Å². The zero-order valence-electron chi connectivity index (χ0n) is 15.4. The largest absolute Gasteiger partial charge is 0.453 e. The number of aryl methyl sites for hydroxylation is 3. The number of aromatic nitrogens is 1. The molecule has 0 unspecified atom stereocenters. The number of rotatable bonds is 6. The van der Waals surface area contributed by atoms with Crippen molar-refractivity contribution in [1.29, 1.82) is 0 Å². The lowest BCUT2D eigenvalue weighted by Gasteiger charge is -2.05. The average Bonchev–Trinajstić information content (AvgIpc) is 3.11. The van der Waals surface area contributed by atoms with Crippen molar-refractivity contribution in [1.82, 2.24) is 4.98 Å². The summed E-state index contributed by atoms with van der Waals surface area (Å²) in [6.07, 6.45) is 0. The first-order chi connectivity index (χ1) is 12.9. The van der Waals surface area contributed by atoms with Gasteiger partial charge in [-0.15, -0.1) is 11.3 Å². The molecule has 0 aliphatic heterocycles. The van der Waals surface area contributed by atoms with Gasteiger partial charge < -0.3 is 10.1 Å². The van der Waals surface area contributed by atoms with E-state index in [0.29, 0.717) is 10.7 Å². The van der Waals surface area contributed by atoms with Crippen molar-refractivity contribution in [3.8, 4) is 0 Å². The van der Waals surface area contributed by atoms with Crippen molar-refractivity contribution in [2.75, 3.05) is 11.9 Å². The predicted octanol–water partition coefficient (Wildman–Crippen LogP) is 4.85. The van der Waals surface area contributed by atoms with E-state index < -0.39 is 5.97 Å². The van der Waals surface area contributed by atoms with Gasteiger partial charge in [0.05, 0.1) is 0 Å². The van der Waals surface area contributed by atoms with E-state index in [1.54, 1.807) is 17.5 Å². The summed E-state index contributed by atoms with van der Waals surface area (Å²) >= 11 is 1.31. The van der Waals surface area contributed by atoms with Crippen LogP contribution in [0.4, 0.5) is 10.8 Å². The van der Waals surface area contributed by atoms with Gasteiger partial charge in [-0.25, -0.2) is 9.78 Å². The van der Waals surface area contributed by atoms with Gasteiger partial charge in [-0.05, 0) is 44.0 Å².